The van der Waals surface area contributed by atoms with Crippen LogP contribution >= 0.6 is 0 Å². The van der Waals surface area contributed by atoms with Gasteiger partial charge in [0.2, 0.25) is 0 Å². The van der Waals surface area contributed by atoms with Crippen molar-refractivity contribution in [2.75, 3.05) is 7.05 Å². The molecule has 1 aromatic heterocycles. The van der Waals surface area contributed by atoms with Crippen LogP contribution in [0.5, 0.6) is 0 Å². The molecule has 0 bridgehead atoms. The van der Waals surface area contributed by atoms with Gasteiger partial charge in [-0.3, -0.25) is 0 Å². The number of nitrogens with zero attached hydrogens (tertiary/aromatic N) is 2. The summed E-state index contributed by atoms with van der Waals surface area (Å²) in [6.07, 6.45) is 0. The molecule has 0 saturated carbocycles. The SMILES string of the molecule is CNCc1ccc(C)c(-n2nc(C)c(C)c2C)c1. The van der Waals surface area contributed by atoms with Gasteiger partial charge in [0.1, 0.15) is 0 Å². The van der Waals surface area contributed by atoms with Crippen molar-refractivity contribution in [2.24, 2.45) is 0 Å². The van der Waals surface area contributed by atoms with Crippen LogP contribution in [0.3, 0.4) is 0 Å². The summed E-state index contributed by atoms with van der Waals surface area (Å²) in [6.45, 7) is 9.32. The number of aryl methyl sites for hydroxylation is 2. The van der Waals surface area contributed by atoms with Crippen LogP contribution in [0, 0.1) is 27.7 Å². The molecule has 0 aliphatic rings. The molecule has 96 valence electrons. The van der Waals surface area contributed by atoms with Crippen LogP contribution in [0.15, 0.2) is 18.2 Å². The molecule has 1 aromatic carbocycles. The van der Waals surface area contributed by atoms with Crippen molar-refractivity contribution >= 4 is 0 Å². The molecule has 0 fully saturated rings. The molecule has 0 aliphatic carbocycles. The number of benzene rings is 1. The standard InChI is InChI=1S/C15H21N3/c1-10-6-7-14(9-16-5)8-15(10)18-13(4)11(2)12(3)17-18/h6-8,16H,9H2,1-5H3. The highest BCUT2D eigenvalue weighted by Crippen LogP contribution is 2.21. The third-order valence-corrected chi connectivity index (χ3v) is 3.54. The summed E-state index contributed by atoms with van der Waals surface area (Å²) in [4.78, 5) is 0. The summed E-state index contributed by atoms with van der Waals surface area (Å²) in [5.74, 6) is 0. The van der Waals surface area contributed by atoms with E-state index in [1.54, 1.807) is 0 Å². The minimum atomic E-state index is 0.881. The smallest absolute Gasteiger partial charge is 0.0681 e. The Morgan fingerprint density at radius 3 is 2.44 bits per heavy atom. The van der Waals surface area contributed by atoms with E-state index in [4.69, 9.17) is 0 Å². The van der Waals surface area contributed by atoms with E-state index < -0.39 is 0 Å². The maximum atomic E-state index is 4.64. The second-order valence-corrected chi connectivity index (χ2v) is 4.86. The summed E-state index contributed by atoms with van der Waals surface area (Å²) >= 11 is 0. The normalized spacial score (nSPS) is 10.9. The zero-order valence-corrected chi connectivity index (χ0v) is 11.8. The molecule has 0 radical (unpaired) electrons. The van der Waals surface area contributed by atoms with E-state index >= 15 is 0 Å². The van der Waals surface area contributed by atoms with Gasteiger partial charge in [-0.05, 0) is 57.5 Å². The monoisotopic (exact) mass is 243 g/mol. The van der Waals surface area contributed by atoms with Gasteiger partial charge < -0.3 is 5.32 Å². The van der Waals surface area contributed by atoms with Crippen LogP contribution in [0.1, 0.15) is 28.1 Å². The third kappa shape index (κ3) is 2.18. The zero-order valence-electron chi connectivity index (χ0n) is 11.8. The molecular weight excluding hydrogens is 222 g/mol. The lowest BCUT2D eigenvalue weighted by molar-refractivity contribution is 0.800. The van der Waals surface area contributed by atoms with Gasteiger partial charge in [-0.2, -0.15) is 5.10 Å². The van der Waals surface area contributed by atoms with Crippen molar-refractivity contribution in [3.63, 3.8) is 0 Å². The highest BCUT2D eigenvalue weighted by atomic mass is 15.3. The topological polar surface area (TPSA) is 29.9 Å². The summed E-state index contributed by atoms with van der Waals surface area (Å²) in [5.41, 5.74) is 7.30. The van der Waals surface area contributed by atoms with E-state index in [0.717, 1.165) is 12.2 Å². The predicted molar refractivity (Wildman–Crippen MR) is 75.3 cm³/mol. The first-order valence-corrected chi connectivity index (χ1v) is 6.32. The van der Waals surface area contributed by atoms with Gasteiger partial charge in [-0.15, -0.1) is 0 Å². The molecule has 2 rings (SSSR count). The van der Waals surface area contributed by atoms with Crippen LogP contribution in [0.4, 0.5) is 0 Å². The fraction of sp³-hybridized carbons (Fsp3) is 0.400. The summed E-state index contributed by atoms with van der Waals surface area (Å²) < 4.78 is 2.05. The third-order valence-electron chi connectivity index (χ3n) is 3.54. The van der Waals surface area contributed by atoms with Crippen molar-refractivity contribution in [3.8, 4) is 5.69 Å². The molecule has 0 spiro atoms. The van der Waals surface area contributed by atoms with Gasteiger partial charge in [-0.25, -0.2) is 4.68 Å². The first-order valence-electron chi connectivity index (χ1n) is 6.32. The van der Waals surface area contributed by atoms with Crippen LogP contribution in [0.25, 0.3) is 5.69 Å². The quantitative estimate of drug-likeness (QED) is 0.898. The highest BCUT2D eigenvalue weighted by molar-refractivity contribution is 5.45. The lowest BCUT2D eigenvalue weighted by atomic mass is 10.1. The maximum Gasteiger partial charge on any atom is 0.0681 e. The molecule has 0 amide bonds. The molecule has 0 unspecified atom stereocenters. The first kappa shape index (κ1) is 12.8. The lowest BCUT2D eigenvalue weighted by Gasteiger charge is -2.11. The van der Waals surface area contributed by atoms with Gasteiger partial charge in [0.05, 0.1) is 11.4 Å². The molecule has 3 nitrogen and oxygen atoms in total. The Balaban J connectivity index is 2.55. The molecule has 3 heteroatoms. The number of rotatable bonds is 3. The largest absolute Gasteiger partial charge is 0.316 e. The van der Waals surface area contributed by atoms with Crippen molar-refractivity contribution in [2.45, 2.75) is 34.2 Å². The van der Waals surface area contributed by atoms with E-state index in [1.165, 1.54) is 28.1 Å². The summed E-state index contributed by atoms with van der Waals surface area (Å²) in [6, 6.07) is 6.53. The van der Waals surface area contributed by atoms with E-state index in [2.05, 4.69) is 61.0 Å². The first-order chi connectivity index (χ1) is 8.54. The van der Waals surface area contributed by atoms with Crippen molar-refractivity contribution < 1.29 is 0 Å². The molecule has 1 N–H and O–H groups in total. The number of hydrogen-bond donors (Lipinski definition) is 1. The summed E-state index contributed by atoms with van der Waals surface area (Å²) in [7, 11) is 1.97. The average molecular weight is 243 g/mol. The molecule has 18 heavy (non-hydrogen) atoms. The minimum absolute atomic E-state index is 0.881. The van der Waals surface area contributed by atoms with E-state index in [1.807, 2.05) is 7.05 Å². The molecule has 0 aliphatic heterocycles. The lowest BCUT2D eigenvalue weighted by Crippen LogP contribution is -2.07. The van der Waals surface area contributed by atoms with Crippen LogP contribution in [-0.4, -0.2) is 16.8 Å². The van der Waals surface area contributed by atoms with Gasteiger partial charge >= 0.3 is 0 Å². The predicted octanol–water partition coefficient (Wildman–Crippen LogP) is 2.83. The Labute approximate surface area is 109 Å². The highest BCUT2D eigenvalue weighted by Gasteiger charge is 2.11. The Kier molecular flexibility index (Phi) is 3.53. The molecule has 2 aromatic rings. The second kappa shape index (κ2) is 4.94. The van der Waals surface area contributed by atoms with E-state index in [9.17, 15) is 0 Å². The van der Waals surface area contributed by atoms with Gasteiger partial charge in [0, 0.05) is 12.2 Å². The fourth-order valence-corrected chi connectivity index (χ4v) is 2.15. The minimum Gasteiger partial charge on any atom is -0.316 e. The van der Waals surface area contributed by atoms with Gasteiger partial charge in [-0.1, -0.05) is 12.1 Å². The molecule has 0 atom stereocenters. The van der Waals surface area contributed by atoms with Crippen LogP contribution in [0.2, 0.25) is 0 Å². The van der Waals surface area contributed by atoms with Gasteiger partial charge in [0.25, 0.3) is 0 Å². The average Bonchev–Trinajstić information content (AvgIpc) is 2.60. The molecular formula is C15H21N3. The number of hydrogen-bond acceptors (Lipinski definition) is 2. The van der Waals surface area contributed by atoms with Crippen molar-refractivity contribution in [1.82, 2.24) is 15.1 Å². The fourth-order valence-electron chi connectivity index (χ4n) is 2.15. The summed E-state index contributed by atoms with van der Waals surface area (Å²) in [5, 5.41) is 7.82. The van der Waals surface area contributed by atoms with Crippen molar-refractivity contribution in [1.29, 1.82) is 0 Å². The van der Waals surface area contributed by atoms with E-state index in [-0.39, 0.29) is 0 Å². The van der Waals surface area contributed by atoms with E-state index in [0.29, 0.717) is 0 Å². The Bertz CT molecular complexity index is 567. The van der Waals surface area contributed by atoms with Crippen LogP contribution in [-0.2, 0) is 6.54 Å². The number of nitrogens with one attached hydrogen (secondary N) is 1. The Morgan fingerprint density at radius 2 is 1.89 bits per heavy atom. The Hall–Kier alpha value is -1.61. The van der Waals surface area contributed by atoms with Gasteiger partial charge in [0.15, 0.2) is 0 Å². The van der Waals surface area contributed by atoms with Crippen molar-refractivity contribution in [3.05, 3.63) is 46.3 Å². The molecule has 1 heterocycles. The second-order valence-electron chi connectivity index (χ2n) is 4.86. The Morgan fingerprint density at radius 1 is 1.17 bits per heavy atom. The van der Waals surface area contributed by atoms with Crippen LogP contribution < -0.4 is 5.32 Å². The molecule has 0 saturated heterocycles. The zero-order chi connectivity index (χ0) is 13.3. The maximum absolute atomic E-state index is 4.64. The number of aromatic nitrogens is 2.